The number of hydrogen-bond acceptors (Lipinski definition) is 15. The van der Waals surface area contributed by atoms with Crippen LogP contribution in [0.1, 0.15) is 104 Å². The van der Waals surface area contributed by atoms with E-state index in [1.807, 2.05) is 12.1 Å². The van der Waals surface area contributed by atoms with E-state index in [1.165, 1.54) is 16.0 Å². The van der Waals surface area contributed by atoms with Gasteiger partial charge in [-0.05, 0) is 82.9 Å². The van der Waals surface area contributed by atoms with Gasteiger partial charge in [-0.3, -0.25) is 24.0 Å². The van der Waals surface area contributed by atoms with Crippen LogP contribution in [0, 0.1) is 22.7 Å². The number of fused-ring (bicyclic) bond motifs is 4. The Hall–Kier alpha value is -4.42. The highest BCUT2D eigenvalue weighted by Gasteiger charge is 2.78. The van der Waals surface area contributed by atoms with Crippen LogP contribution in [0.4, 0.5) is 0 Å². The van der Waals surface area contributed by atoms with Crippen molar-refractivity contribution in [3.63, 3.8) is 0 Å². The first kappa shape index (κ1) is 43.8. The maximum absolute atomic E-state index is 15.6. The molecule has 2 N–H and O–H groups in total. The summed E-state index contributed by atoms with van der Waals surface area (Å²) in [5, 5.41) is 14.6. The number of hydrogen-bond donors (Lipinski definition) is 2. The van der Waals surface area contributed by atoms with Crippen LogP contribution >= 0.6 is 0 Å². The predicted molar refractivity (Wildman–Crippen MR) is 218 cm³/mol. The predicted octanol–water partition coefficient (Wildman–Crippen LogP) is 2.88. The number of ether oxygens (including phenoxy) is 6. The summed E-state index contributed by atoms with van der Waals surface area (Å²) in [6.45, 7) is 8.81. The lowest BCUT2D eigenvalue weighted by molar-refractivity contribution is -0.235. The van der Waals surface area contributed by atoms with E-state index in [0.717, 1.165) is 25.7 Å². The Balaban J connectivity index is 0.993. The molecule has 9 atom stereocenters. The zero-order chi connectivity index (χ0) is 44.6. The lowest BCUT2D eigenvalue weighted by Crippen LogP contribution is -2.70. The van der Waals surface area contributed by atoms with Crippen molar-refractivity contribution in [2.75, 3.05) is 19.8 Å². The molecule has 17 nitrogen and oxygen atoms in total. The molecule has 3 aliphatic carbocycles. The van der Waals surface area contributed by atoms with Gasteiger partial charge in [-0.25, -0.2) is 9.59 Å². The number of likely N-dealkylation sites (tertiary alicyclic amines) is 1. The molecule has 8 fully saturated rings. The quantitative estimate of drug-likeness (QED) is 0.157. The van der Waals surface area contributed by atoms with Crippen molar-refractivity contribution in [2.24, 2.45) is 22.7 Å². The second-order valence-corrected chi connectivity index (χ2v) is 20.3. The lowest BCUT2D eigenvalue weighted by atomic mass is 9.62. The Bertz CT molecular complexity index is 2050. The van der Waals surface area contributed by atoms with E-state index >= 15 is 4.79 Å². The van der Waals surface area contributed by atoms with Crippen molar-refractivity contribution in [2.45, 2.75) is 159 Å². The molecule has 5 heterocycles. The van der Waals surface area contributed by atoms with Gasteiger partial charge in [-0.15, -0.1) is 0 Å². The van der Waals surface area contributed by atoms with Gasteiger partial charge in [0, 0.05) is 42.7 Å². The summed E-state index contributed by atoms with van der Waals surface area (Å²) < 4.78 is 36.2. The molecule has 2 bridgehead atoms. The highest BCUT2D eigenvalue weighted by Crippen LogP contribution is 2.64. The maximum Gasteiger partial charge on any atom is 0.348 e. The van der Waals surface area contributed by atoms with Crippen LogP contribution < -0.4 is 5.32 Å². The van der Waals surface area contributed by atoms with Gasteiger partial charge in [0.05, 0.1) is 19.2 Å². The Morgan fingerprint density at radius 2 is 1.71 bits per heavy atom. The van der Waals surface area contributed by atoms with Gasteiger partial charge in [-0.2, -0.15) is 5.06 Å². The van der Waals surface area contributed by atoms with Crippen molar-refractivity contribution in [1.29, 1.82) is 0 Å². The molecule has 0 radical (unpaired) electrons. The fraction of sp³-hybridized carbons (Fsp3) is 0.696. The number of amides is 2. The van der Waals surface area contributed by atoms with E-state index in [1.54, 1.807) is 52.8 Å². The van der Waals surface area contributed by atoms with Crippen molar-refractivity contribution >= 4 is 41.8 Å². The molecule has 63 heavy (non-hydrogen) atoms. The summed E-state index contributed by atoms with van der Waals surface area (Å²) in [7, 11) is 0. The van der Waals surface area contributed by atoms with Crippen LogP contribution in [-0.2, 0) is 68.6 Å². The molecular weight excluding hydrogens is 819 g/mol. The summed E-state index contributed by atoms with van der Waals surface area (Å²) in [5.74, 6) is -3.81. The van der Waals surface area contributed by atoms with Crippen LogP contribution in [-0.4, -0.2) is 131 Å². The first-order valence-electron chi connectivity index (χ1n) is 22.5. The SMILES string of the molecule is CC(C)(C)OC(=O)CC[C@@H](CO)NC(=O)[C@H]1CCCN1C(=O)[C@@]12C[C@H]3OC(=O)[C@@H]1N(Cc1ccccc1C=CC(=O)O[C@H]1C(=O)OCC1(C)C)O[C@@H]2[C@H]1OC(C2CC2)(C2CC2)O[C@H]13. The van der Waals surface area contributed by atoms with Gasteiger partial charge >= 0.3 is 23.9 Å². The monoisotopic (exact) mass is 877 g/mol. The number of cyclic esters (lactones) is 1. The number of rotatable bonds is 14. The Labute approximate surface area is 366 Å². The second-order valence-electron chi connectivity index (χ2n) is 20.3. The number of carbonyl (C=O) groups is 6. The zero-order valence-corrected chi connectivity index (χ0v) is 36.6. The number of aliphatic hydroxyl groups excluding tert-OH is 1. The van der Waals surface area contributed by atoms with Crippen molar-refractivity contribution in [3.05, 3.63) is 41.5 Å². The van der Waals surface area contributed by atoms with Gasteiger partial charge in [0.15, 0.2) is 11.8 Å². The second kappa shape index (κ2) is 16.2. The molecular formula is C46H59N3O14. The van der Waals surface area contributed by atoms with Crippen molar-refractivity contribution in [1.82, 2.24) is 15.3 Å². The third-order valence-corrected chi connectivity index (χ3v) is 13.9. The average molecular weight is 878 g/mol. The molecule has 0 unspecified atom stereocenters. The normalized spacial score (nSPS) is 33.4. The summed E-state index contributed by atoms with van der Waals surface area (Å²) in [6, 6.07) is 4.32. The fourth-order valence-electron chi connectivity index (χ4n) is 10.6. The highest BCUT2D eigenvalue weighted by atomic mass is 16.8. The number of benzene rings is 1. The molecule has 17 heteroatoms. The Morgan fingerprint density at radius 1 is 1.00 bits per heavy atom. The highest BCUT2D eigenvalue weighted by molar-refractivity contribution is 5.97. The topological polar surface area (TPSA) is 206 Å². The van der Waals surface area contributed by atoms with E-state index in [4.69, 9.17) is 33.3 Å². The molecule has 1 aromatic rings. The van der Waals surface area contributed by atoms with Gasteiger partial charge in [0.2, 0.25) is 17.9 Å². The third kappa shape index (κ3) is 8.06. The van der Waals surface area contributed by atoms with Gasteiger partial charge in [0.1, 0.15) is 48.1 Å². The van der Waals surface area contributed by atoms with Crippen LogP contribution in [0.5, 0.6) is 0 Å². The number of aliphatic hydroxyl groups is 1. The number of nitrogens with one attached hydrogen (secondary N) is 1. The standard InChI is InChI=1S/C46H59N3O14/c1-43(2,3)60-33(52)19-17-29(23-50)47-39(53)30-11-8-20-48(30)42(56)45-21-31-34-35(62-46(61-34,27-13-14-27)28-15-16-28)37(45)63-49(36(45)40(54)58-31)22-26-10-7-6-9-25(26)12-18-32(51)59-38-41(55)57-24-44(38,4)5/h6-7,9-10,12,18,27-31,34-38,50H,8,11,13-17,19-24H2,1-5H3,(H,47,53)/t29-,30+,31+,34-,35-,36-,37+,38-,45-/m0/s1. The molecule has 3 saturated carbocycles. The van der Waals surface area contributed by atoms with Crippen LogP contribution in [0.2, 0.25) is 0 Å². The van der Waals surface area contributed by atoms with E-state index in [9.17, 15) is 29.1 Å². The molecule has 1 aromatic carbocycles. The molecule has 2 amide bonds. The minimum Gasteiger partial charge on any atom is -0.462 e. The van der Waals surface area contributed by atoms with Crippen LogP contribution in [0.25, 0.3) is 6.08 Å². The van der Waals surface area contributed by atoms with Gasteiger partial charge in [-0.1, -0.05) is 38.1 Å². The number of hydroxylamine groups is 2. The van der Waals surface area contributed by atoms with Crippen molar-refractivity contribution in [3.8, 4) is 0 Å². The molecule has 5 saturated heterocycles. The molecule has 342 valence electrons. The first-order valence-corrected chi connectivity index (χ1v) is 22.5. The Morgan fingerprint density at radius 3 is 2.38 bits per heavy atom. The molecule has 5 aliphatic heterocycles. The fourth-order valence-corrected chi connectivity index (χ4v) is 10.6. The summed E-state index contributed by atoms with van der Waals surface area (Å²) in [4.78, 5) is 90.3. The Kier molecular flexibility index (Phi) is 11.3. The van der Waals surface area contributed by atoms with Crippen LogP contribution in [0.3, 0.4) is 0 Å². The lowest BCUT2D eigenvalue weighted by Gasteiger charge is -2.50. The van der Waals surface area contributed by atoms with E-state index in [-0.39, 0.29) is 50.8 Å². The number of nitrogens with zero attached hydrogens (tertiary/aromatic N) is 2. The molecule has 9 rings (SSSR count). The van der Waals surface area contributed by atoms with E-state index < -0.39 is 113 Å². The minimum atomic E-state index is -1.53. The van der Waals surface area contributed by atoms with Crippen molar-refractivity contribution < 1.29 is 67.1 Å². The smallest absolute Gasteiger partial charge is 0.348 e. The summed E-state index contributed by atoms with van der Waals surface area (Å²) in [6.07, 6.45) is 3.42. The zero-order valence-electron chi connectivity index (χ0n) is 36.6. The average Bonchev–Trinajstić information content (AvgIpc) is 4.13. The van der Waals surface area contributed by atoms with Gasteiger partial charge in [0.25, 0.3) is 0 Å². The van der Waals surface area contributed by atoms with Crippen LogP contribution in [0.15, 0.2) is 30.3 Å². The number of esters is 4. The summed E-state index contributed by atoms with van der Waals surface area (Å²) in [5.41, 5.74) is -1.64. The van der Waals surface area contributed by atoms with Gasteiger partial charge < -0.3 is 43.7 Å². The van der Waals surface area contributed by atoms with E-state index in [0.29, 0.717) is 24.0 Å². The maximum atomic E-state index is 15.6. The third-order valence-electron chi connectivity index (χ3n) is 13.9. The molecule has 0 spiro atoms. The van der Waals surface area contributed by atoms with E-state index in [2.05, 4.69) is 5.32 Å². The largest absolute Gasteiger partial charge is 0.462 e. The summed E-state index contributed by atoms with van der Waals surface area (Å²) >= 11 is 0. The number of carbonyl (C=O) groups excluding carboxylic acids is 6. The molecule has 0 aromatic heterocycles. The first-order chi connectivity index (χ1) is 29.9. The molecule has 8 aliphatic rings. The minimum absolute atomic E-state index is 0.00187.